The summed E-state index contributed by atoms with van der Waals surface area (Å²) in [4.78, 5) is 22.9. The van der Waals surface area contributed by atoms with E-state index in [1.807, 2.05) is 18.7 Å². The summed E-state index contributed by atoms with van der Waals surface area (Å²) in [6.07, 6.45) is 1.52. The topological polar surface area (TPSA) is 46.2 Å². The Balaban J connectivity index is 2.24. The first-order valence-electron chi connectivity index (χ1n) is 4.99. The Kier molecular flexibility index (Phi) is 2.33. The highest BCUT2D eigenvalue weighted by Gasteiger charge is 2.49. The van der Waals surface area contributed by atoms with Crippen molar-refractivity contribution in [3.05, 3.63) is 0 Å². The van der Waals surface area contributed by atoms with Crippen LogP contribution < -0.4 is 5.32 Å². The first-order chi connectivity index (χ1) is 6.53. The molecule has 14 heavy (non-hydrogen) atoms. The van der Waals surface area contributed by atoms with Gasteiger partial charge in [-0.1, -0.05) is 13.8 Å². The molecule has 1 N–H and O–H groups in total. The third kappa shape index (κ3) is 1.45. The monoisotopic (exact) mass is 213 g/mol. The number of nitrogens with one attached hydrogen (secondary N) is 1. The molecule has 0 aromatic rings. The van der Waals surface area contributed by atoms with E-state index < -0.39 is 0 Å². The number of hydrogen-bond donors (Lipinski definition) is 1. The smallest absolute Gasteiger partial charge is 0.229 e. The summed E-state index contributed by atoms with van der Waals surface area (Å²) in [6, 6.07) is 0. The Labute approximate surface area is 88.0 Å². The van der Waals surface area contributed by atoms with Crippen LogP contribution in [0.25, 0.3) is 0 Å². The lowest BCUT2D eigenvalue weighted by Crippen LogP contribution is -2.51. The molecule has 2 rings (SSSR count). The zero-order valence-electron chi connectivity index (χ0n) is 8.50. The van der Waals surface area contributed by atoms with Gasteiger partial charge in [0.25, 0.3) is 0 Å². The van der Waals surface area contributed by atoms with Gasteiger partial charge in [0.15, 0.2) is 0 Å². The van der Waals surface area contributed by atoms with Crippen molar-refractivity contribution in [2.45, 2.75) is 31.9 Å². The minimum atomic E-state index is -0.0946. The van der Waals surface area contributed by atoms with Gasteiger partial charge < -0.3 is 0 Å². The number of amides is 2. The van der Waals surface area contributed by atoms with Gasteiger partial charge in [-0.15, -0.1) is 0 Å². The summed E-state index contributed by atoms with van der Waals surface area (Å²) >= 11 is 1.88. The molecule has 3 atom stereocenters. The molecule has 2 fully saturated rings. The lowest BCUT2D eigenvalue weighted by molar-refractivity contribution is -0.142. The molecule has 2 heterocycles. The fourth-order valence-corrected chi connectivity index (χ4v) is 4.00. The van der Waals surface area contributed by atoms with Crippen LogP contribution in [0.5, 0.6) is 0 Å². The van der Waals surface area contributed by atoms with Crippen LogP contribution in [0.3, 0.4) is 0 Å². The maximum Gasteiger partial charge on any atom is 0.229 e. The zero-order chi connectivity index (χ0) is 10.3. The molecule has 3 unspecified atom stereocenters. The van der Waals surface area contributed by atoms with Crippen LogP contribution in [0.15, 0.2) is 0 Å². The highest BCUT2D eigenvalue weighted by molar-refractivity contribution is 8.00. The molecule has 2 saturated heterocycles. The van der Waals surface area contributed by atoms with E-state index in [4.69, 9.17) is 0 Å². The molecule has 0 saturated carbocycles. The van der Waals surface area contributed by atoms with Crippen molar-refractivity contribution in [3.8, 4) is 0 Å². The molecule has 78 valence electrons. The molecule has 0 aromatic carbocycles. The second-order valence-corrected chi connectivity index (χ2v) is 5.93. The molecular weight excluding hydrogens is 198 g/mol. The minimum absolute atomic E-state index is 0.0161. The summed E-state index contributed by atoms with van der Waals surface area (Å²) in [5.74, 6) is 0.755. The van der Waals surface area contributed by atoms with Crippen molar-refractivity contribution in [3.63, 3.8) is 0 Å². The van der Waals surface area contributed by atoms with Gasteiger partial charge in [-0.2, -0.15) is 11.8 Å². The highest BCUT2D eigenvalue weighted by Crippen LogP contribution is 2.49. The van der Waals surface area contributed by atoms with Gasteiger partial charge in [-0.05, 0) is 6.42 Å². The van der Waals surface area contributed by atoms with Gasteiger partial charge in [0.05, 0.1) is 0 Å². The second-order valence-electron chi connectivity index (χ2n) is 4.50. The molecule has 1 spiro atoms. The maximum absolute atomic E-state index is 11.5. The summed E-state index contributed by atoms with van der Waals surface area (Å²) in [5, 5.41) is 2.99. The Hall–Kier alpha value is -0.510. The third-order valence-corrected chi connectivity index (χ3v) is 4.91. The molecule has 3 nitrogen and oxygen atoms in total. The first-order valence-corrected chi connectivity index (χ1v) is 6.04. The number of rotatable bonds is 0. The largest absolute Gasteiger partial charge is 0.296 e. The van der Waals surface area contributed by atoms with Crippen LogP contribution in [-0.2, 0) is 9.59 Å². The molecule has 2 aliphatic rings. The van der Waals surface area contributed by atoms with Crippen LogP contribution >= 0.6 is 11.8 Å². The Bertz CT molecular complexity index is 292. The van der Waals surface area contributed by atoms with Crippen LogP contribution in [0.1, 0.15) is 26.7 Å². The van der Waals surface area contributed by atoms with E-state index in [1.54, 1.807) is 0 Å². The zero-order valence-corrected chi connectivity index (χ0v) is 9.32. The van der Waals surface area contributed by atoms with Crippen LogP contribution in [0.2, 0.25) is 0 Å². The minimum Gasteiger partial charge on any atom is -0.296 e. The summed E-state index contributed by atoms with van der Waals surface area (Å²) in [5.41, 5.74) is -0.0521. The molecular formula is C10H15NO2S. The molecule has 2 aliphatic heterocycles. The van der Waals surface area contributed by atoms with Crippen molar-refractivity contribution in [2.24, 2.45) is 11.3 Å². The predicted octanol–water partition coefficient (Wildman–Crippen LogP) is 1.18. The number of piperidine rings is 1. The van der Waals surface area contributed by atoms with Gasteiger partial charge in [-0.25, -0.2) is 0 Å². The van der Waals surface area contributed by atoms with Crippen LogP contribution in [0, 0.1) is 11.3 Å². The van der Waals surface area contributed by atoms with Gasteiger partial charge in [0.2, 0.25) is 11.8 Å². The molecule has 0 aromatic heterocycles. The van der Waals surface area contributed by atoms with E-state index in [2.05, 4.69) is 12.2 Å². The fourth-order valence-electron chi connectivity index (χ4n) is 2.46. The molecule has 2 amide bonds. The van der Waals surface area contributed by atoms with Crippen molar-refractivity contribution >= 4 is 23.6 Å². The normalized spacial score (nSPS) is 43.0. The Morgan fingerprint density at radius 3 is 2.71 bits per heavy atom. The number of carbonyl (C=O) groups excluding carboxylic acids is 2. The van der Waals surface area contributed by atoms with Crippen molar-refractivity contribution < 1.29 is 9.59 Å². The van der Waals surface area contributed by atoms with E-state index in [1.165, 1.54) is 0 Å². The first kappa shape index (κ1) is 10.0. The van der Waals surface area contributed by atoms with Gasteiger partial charge in [-0.3, -0.25) is 14.9 Å². The lowest BCUT2D eigenvalue weighted by Gasteiger charge is -2.37. The fraction of sp³-hybridized carbons (Fsp3) is 0.800. The summed E-state index contributed by atoms with van der Waals surface area (Å²) in [7, 11) is 0. The van der Waals surface area contributed by atoms with E-state index in [9.17, 15) is 9.59 Å². The highest BCUT2D eigenvalue weighted by atomic mass is 32.2. The number of carbonyl (C=O) groups is 2. The quantitative estimate of drug-likeness (QED) is 0.615. The van der Waals surface area contributed by atoms with Crippen molar-refractivity contribution in [1.29, 1.82) is 0 Å². The Morgan fingerprint density at radius 2 is 2.14 bits per heavy atom. The lowest BCUT2D eigenvalue weighted by atomic mass is 9.70. The van der Waals surface area contributed by atoms with E-state index in [0.29, 0.717) is 11.7 Å². The molecule has 0 radical (unpaired) electrons. The van der Waals surface area contributed by atoms with Crippen molar-refractivity contribution in [1.82, 2.24) is 5.32 Å². The average molecular weight is 213 g/mol. The predicted molar refractivity (Wildman–Crippen MR) is 55.9 cm³/mol. The summed E-state index contributed by atoms with van der Waals surface area (Å²) in [6.45, 7) is 4.11. The van der Waals surface area contributed by atoms with E-state index >= 15 is 0 Å². The number of hydrogen-bond acceptors (Lipinski definition) is 3. The van der Waals surface area contributed by atoms with Gasteiger partial charge in [0.1, 0.15) is 0 Å². The number of thioether (sulfide) groups is 1. The Morgan fingerprint density at radius 1 is 1.43 bits per heavy atom. The molecule has 0 bridgehead atoms. The molecule has 4 heteroatoms. The molecule has 0 aliphatic carbocycles. The third-order valence-electron chi connectivity index (χ3n) is 3.44. The SMILES string of the molecule is CC1CC2(CS1)CC(=O)NC(=O)C2C. The second kappa shape index (κ2) is 3.26. The average Bonchev–Trinajstić information content (AvgIpc) is 2.44. The maximum atomic E-state index is 11.5. The van der Waals surface area contributed by atoms with Crippen molar-refractivity contribution in [2.75, 3.05) is 5.75 Å². The van der Waals surface area contributed by atoms with E-state index in [-0.39, 0.29) is 23.1 Å². The van der Waals surface area contributed by atoms with Gasteiger partial charge in [0, 0.05) is 28.8 Å². The van der Waals surface area contributed by atoms with Crippen LogP contribution in [0.4, 0.5) is 0 Å². The standard InChI is InChI=1S/C10H15NO2S/c1-6-3-10(5-14-6)4-8(12)11-9(13)7(10)2/h6-7H,3-5H2,1-2H3,(H,11,12,13). The van der Waals surface area contributed by atoms with Crippen LogP contribution in [-0.4, -0.2) is 22.8 Å². The summed E-state index contributed by atoms with van der Waals surface area (Å²) < 4.78 is 0. The van der Waals surface area contributed by atoms with E-state index in [0.717, 1.165) is 12.2 Å². The number of imide groups is 1. The van der Waals surface area contributed by atoms with Gasteiger partial charge >= 0.3 is 0 Å².